The maximum atomic E-state index is 10.9. The van der Waals surface area contributed by atoms with E-state index in [9.17, 15) is 18.7 Å². The van der Waals surface area contributed by atoms with Crippen molar-refractivity contribution in [3.63, 3.8) is 0 Å². The predicted molar refractivity (Wildman–Crippen MR) is 59.9 cm³/mol. The fourth-order valence-corrected chi connectivity index (χ4v) is 1.68. The van der Waals surface area contributed by atoms with Crippen LogP contribution >= 0.6 is 0 Å². The number of hydrogen-bond acceptors (Lipinski definition) is 6. The summed E-state index contributed by atoms with van der Waals surface area (Å²) >= 11 is -2.49. The maximum Gasteiger partial charge on any atom is 1.00 e. The van der Waals surface area contributed by atoms with Crippen LogP contribution in [0.2, 0.25) is 0 Å². The Bertz CT molecular complexity index is 455. The number of carbonyl (C=O) groups is 1. The average molecular weight is 318 g/mol. The first-order chi connectivity index (χ1) is 8.56. The van der Waals surface area contributed by atoms with Gasteiger partial charge in [0, 0.05) is 30.6 Å². The SMILES string of the molecule is COCCCOc1ccc(S(=O)[O-])cc1C(=O)[O-].[Na+].[Na+]. The molecule has 20 heavy (non-hydrogen) atoms. The molecule has 1 unspecified atom stereocenters. The first kappa shape index (κ1) is 22.8. The summed E-state index contributed by atoms with van der Waals surface area (Å²) in [7, 11) is 1.55. The quantitative estimate of drug-likeness (QED) is 0.282. The zero-order valence-electron chi connectivity index (χ0n) is 11.7. The second-order valence-electron chi connectivity index (χ2n) is 3.37. The number of hydrogen-bond donors (Lipinski definition) is 0. The Labute approximate surface area is 164 Å². The number of aromatic carboxylic acids is 1. The van der Waals surface area contributed by atoms with Gasteiger partial charge in [-0.1, -0.05) is 0 Å². The summed E-state index contributed by atoms with van der Waals surface area (Å²) in [6, 6.07) is 3.56. The van der Waals surface area contributed by atoms with E-state index in [1.165, 1.54) is 12.1 Å². The van der Waals surface area contributed by atoms with Gasteiger partial charge in [-0.2, -0.15) is 0 Å². The molecule has 1 atom stereocenters. The van der Waals surface area contributed by atoms with Gasteiger partial charge < -0.3 is 23.9 Å². The van der Waals surface area contributed by atoms with Crippen molar-refractivity contribution in [2.24, 2.45) is 0 Å². The first-order valence-electron chi connectivity index (χ1n) is 5.12. The van der Waals surface area contributed by atoms with Gasteiger partial charge in [-0.15, -0.1) is 0 Å². The number of carboxylic acid groups (broad SMARTS) is 1. The standard InChI is InChI=1S/C11H14O6S.2Na/c1-16-5-2-6-17-10-4-3-8(18(14)15)7-9(10)11(12)13;;/h3-4,7H,2,5-6H2,1H3,(H,12,13)(H,14,15);;/q;2*+1/p-2. The van der Waals surface area contributed by atoms with Crippen molar-refractivity contribution in [3.8, 4) is 5.75 Å². The van der Waals surface area contributed by atoms with E-state index in [1.54, 1.807) is 7.11 Å². The van der Waals surface area contributed by atoms with Gasteiger partial charge in [0.1, 0.15) is 5.75 Å². The van der Waals surface area contributed by atoms with E-state index in [0.717, 1.165) is 6.07 Å². The largest absolute Gasteiger partial charge is 1.00 e. The van der Waals surface area contributed by atoms with Crippen LogP contribution in [-0.2, 0) is 15.8 Å². The van der Waals surface area contributed by atoms with Crippen molar-refractivity contribution in [2.45, 2.75) is 11.3 Å². The van der Waals surface area contributed by atoms with E-state index >= 15 is 0 Å². The van der Waals surface area contributed by atoms with Crippen LogP contribution in [0, 0.1) is 0 Å². The Hall–Kier alpha value is 0.560. The van der Waals surface area contributed by atoms with Gasteiger partial charge in [-0.05, 0) is 29.3 Å². The topological polar surface area (TPSA) is 98.7 Å². The molecule has 1 aromatic carbocycles. The number of carbonyl (C=O) groups excluding carboxylic acids is 1. The van der Waals surface area contributed by atoms with Gasteiger partial charge >= 0.3 is 59.1 Å². The molecule has 100 valence electrons. The second kappa shape index (κ2) is 12.1. The van der Waals surface area contributed by atoms with E-state index in [0.29, 0.717) is 13.0 Å². The number of ether oxygens (including phenoxy) is 2. The summed E-state index contributed by atoms with van der Waals surface area (Å²) in [6.07, 6.45) is 0.595. The van der Waals surface area contributed by atoms with Gasteiger partial charge in [-0.3, -0.25) is 4.21 Å². The zero-order chi connectivity index (χ0) is 13.5. The van der Waals surface area contributed by atoms with Crippen molar-refractivity contribution in [1.29, 1.82) is 0 Å². The van der Waals surface area contributed by atoms with Gasteiger partial charge in [0.15, 0.2) is 0 Å². The summed E-state index contributed by atoms with van der Waals surface area (Å²) in [6.45, 7) is 0.761. The molecule has 0 aliphatic heterocycles. The van der Waals surface area contributed by atoms with Crippen LogP contribution < -0.4 is 69.0 Å². The fraction of sp³-hybridized carbons (Fsp3) is 0.364. The predicted octanol–water partition coefficient (Wildman–Crippen LogP) is -6.29. The molecule has 0 radical (unpaired) electrons. The normalized spacial score (nSPS) is 10.9. The van der Waals surface area contributed by atoms with Crippen molar-refractivity contribution in [1.82, 2.24) is 0 Å². The van der Waals surface area contributed by atoms with Crippen LogP contribution in [0.4, 0.5) is 0 Å². The molecular weight excluding hydrogens is 306 g/mol. The number of carboxylic acids is 1. The molecule has 0 aliphatic rings. The minimum absolute atomic E-state index is 0. The van der Waals surface area contributed by atoms with Crippen LogP contribution in [0.15, 0.2) is 23.1 Å². The van der Waals surface area contributed by atoms with Crippen molar-refractivity contribution >= 4 is 17.0 Å². The maximum absolute atomic E-state index is 10.9. The van der Waals surface area contributed by atoms with E-state index in [4.69, 9.17) is 9.47 Å². The number of benzene rings is 1. The Morgan fingerprint density at radius 1 is 1.30 bits per heavy atom. The summed E-state index contributed by atoms with van der Waals surface area (Å²) < 4.78 is 31.5. The third-order valence-electron chi connectivity index (χ3n) is 2.11. The Balaban J connectivity index is 0. The zero-order valence-corrected chi connectivity index (χ0v) is 16.5. The summed E-state index contributed by atoms with van der Waals surface area (Å²) in [5.74, 6) is -1.40. The van der Waals surface area contributed by atoms with E-state index in [2.05, 4.69) is 0 Å². The minimum Gasteiger partial charge on any atom is -0.768 e. The molecule has 1 rings (SSSR count). The molecule has 0 N–H and O–H groups in total. The first-order valence-corrected chi connectivity index (χ1v) is 6.20. The molecule has 9 heteroatoms. The smallest absolute Gasteiger partial charge is 0.768 e. The van der Waals surface area contributed by atoms with Crippen molar-refractivity contribution in [2.75, 3.05) is 20.3 Å². The van der Waals surface area contributed by atoms with Gasteiger partial charge in [-0.25, -0.2) is 0 Å². The molecular formula is C11H12Na2O6S. The van der Waals surface area contributed by atoms with Crippen LogP contribution in [0.5, 0.6) is 5.75 Å². The van der Waals surface area contributed by atoms with Crippen molar-refractivity contribution in [3.05, 3.63) is 23.8 Å². The third-order valence-corrected chi connectivity index (χ3v) is 2.75. The van der Waals surface area contributed by atoms with E-state index in [-0.39, 0.29) is 81.9 Å². The van der Waals surface area contributed by atoms with E-state index < -0.39 is 17.0 Å². The number of methoxy groups -OCH3 is 1. The Morgan fingerprint density at radius 3 is 2.45 bits per heavy atom. The molecule has 0 aliphatic carbocycles. The third kappa shape index (κ3) is 7.53. The van der Waals surface area contributed by atoms with Gasteiger partial charge in [0.05, 0.1) is 12.6 Å². The molecule has 0 amide bonds. The summed E-state index contributed by atoms with van der Waals surface area (Å²) in [5.41, 5.74) is -0.283. The molecule has 0 fully saturated rings. The van der Waals surface area contributed by atoms with Crippen LogP contribution in [0.1, 0.15) is 16.8 Å². The summed E-state index contributed by atoms with van der Waals surface area (Å²) in [4.78, 5) is 10.7. The Morgan fingerprint density at radius 2 is 1.95 bits per heavy atom. The molecule has 0 spiro atoms. The van der Waals surface area contributed by atoms with Gasteiger partial charge in [0.25, 0.3) is 0 Å². The molecule has 0 heterocycles. The molecule has 0 bridgehead atoms. The number of rotatable bonds is 7. The van der Waals surface area contributed by atoms with Crippen molar-refractivity contribution < 1.29 is 87.3 Å². The van der Waals surface area contributed by atoms with Gasteiger partial charge in [0.2, 0.25) is 0 Å². The minimum atomic E-state index is -2.49. The van der Waals surface area contributed by atoms with Crippen LogP contribution in [-0.4, -0.2) is 35.1 Å². The molecule has 1 aromatic rings. The van der Waals surface area contributed by atoms with E-state index in [1.807, 2.05) is 0 Å². The second-order valence-corrected chi connectivity index (χ2v) is 4.32. The Kier molecular flexibility index (Phi) is 13.9. The van der Waals surface area contributed by atoms with Crippen LogP contribution in [0.3, 0.4) is 0 Å². The fourth-order valence-electron chi connectivity index (χ4n) is 1.28. The molecule has 0 aromatic heterocycles. The average Bonchev–Trinajstić information content (AvgIpc) is 2.34. The molecule has 0 saturated heterocycles. The van der Waals surface area contributed by atoms with Crippen LogP contribution in [0.25, 0.3) is 0 Å². The summed E-state index contributed by atoms with van der Waals surface area (Å²) in [5, 5.41) is 10.9. The molecule has 0 saturated carbocycles. The monoisotopic (exact) mass is 318 g/mol. The molecule has 6 nitrogen and oxygen atoms in total.